The predicted octanol–water partition coefficient (Wildman–Crippen LogP) is 6.04. The van der Waals surface area contributed by atoms with Gasteiger partial charge in [-0.2, -0.15) is 0 Å². The maximum absolute atomic E-state index is 13.9. The first kappa shape index (κ1) is 13.4. The van der Waals surface area contributed by atoms with E-state index in [0.29, 0.717) is 0 Å². The van der Waals surface area contributed by atoms with Gasteiger partial charge in [0.25, 0.3) is 0 Å². The third-order valence-electron chi connectivity index (χ3n) is 4.61. The van der Waals surface area contributed by atoms with Crippen LogP contribution in [-0.4, -0.2) is 7.11 Å². The molecule has 0 radical (unpaired) electrons. The molecule has 5 aromatic rings. The molecule has 116 valence electrons. The highest BCUT2D eigenvalue weighted by Crippen LogP contribution is 2.41. The van der Waals surface area contributed by atoms with Gasteiger partial charge < -0.3 is 9.15 Å². The van der Waals surface area contributed by atoms with Crippen molar-refractivity contribution >= 4 is 43.5 Å². The van der Waals surface area contributed by atoms with Crippen LogP contribution in [0.2, 0.25) is 0 Å². The molecule has 1 aromatic heterocycles. The number of methoxy groups -OCH3 is 1. The fraction of sp³-hybridized carbons (Fsp3) is 0.0476. The number of halogens is 1. The predicted molar refractivity (Wildman–Crippen MR) is 95.2 cm³/mol. The first-order chi connectivity index (χ1) is 11.8. The van der Waals surface area contributed by atoms with E-state index in [1.165, 1.54) is 6.07 Å². The summed E-state index contributed by atoms with van der Waals surface area (Å²) in [6, 6.07) is 18.7. The summed E-state index contributed by atoms with van der Waals surface area (Å²) in [5, 5.41) is 5.89. The van der Waals surface area contributed by atoms with Crippen LogP contribution in [0.3, 0.4) is 0 Å². The van der Waals surface area contributed by atoms with Crippen molar-refractivity contribution in [3.63, 3.8) is 0 Å². The van der Waals surface area contributed by atoms with Gasteiger partial charge in [-0.3, -0.25) is 0 Å². The van der Waals surface area contributed by atoms with Crippen LogP contribution in [0.4, 0.5) is 4.39 Å². The minimum Gasteiger partial charge on any atom is -0.497 e. The van der Waals surface area contributed by atoms with E-state index in [1.54, 1.807) is 13.2 Å². The Morgan fingerprint density at radius 1 is 0.792 bits per heavy atom. The van der Waals surface area contributed by atoms with Gasteiger partial charge in [-0.1, -0.05) is 30.3 Å². The number of benzene rings is 4. The number of fused-ring (bicyclic) bond motifs is 8. The lowest BCUT2D eigenvalue weighted by Crippen LogP contribution is -1.82. The van der Waals surface area contributed by atoms with E-state index in [2.05, 4.69) is 0 Å². The summed E-state index contributed by atoms with van der Waals surface area (Å²) in [4.78, 5) is 0. The molecule has 0 saturated heterocycles. The van der Waals surface area contributed by atoms with Gasteiger partial charge in [-0.15, -0.1) is 0 Å². The van der Waals surface area contributed by atoms with Crippen LogP contribution in [0.25, 0.3) is 43.5 Å². The largest absolute Gasteiger partial charge is 0.497 e. The lowest BCUT2D eigenvalue weighted by Gasteiger charge is -2.06. The first-order valence-electron chi connectivity index (χ1n) is 7.76. The number of furan rings is 1. The zero-order valence-electron chi connectivity index (χ0n) is 13.0. The maximum Gasteiger partial charge on any atom is 0.143 e. The monoisotopic (exact) mass is 316 g/mol. The molecule has 0 bridgehead atoms. The minimum atomic E-state index is -0.235. The molecule has 0 amide bonds. The lowest BCUT2D eigenvalue weighted by molar-refractivity contribution is 0.414. The molecule has 0 aliphatic rings. The molecule has 4 aromatic carbocycles. The van der Waals surface area contributed by atoms with Gasteiger partial charge in [-0.25, -0.2) is 4.39 Å². The zero-order chi connectivity index (χ0) is 16.3. The molecule has 24 heavy (non-hydrogen) atoms. The Morgan fingerprint density at radius 2 is 1.58 bits per heavy atom. The van der Waals surface area contributed by atoms with E-state index >= 15 is 0 Å². The molecule has 2 nitrogen and oxygen atoms in total. The summed E-state index contributed by atoms with van der Waals surface area (Å²) >= 11 is 0. The van der Waals surface area contributed by atoms with Crippen molar-refractivity contribution in [2.45, 2.75) is 0 Å². The first-order valence-corrected chi connectivity index (χ1v) is 7.76. The van der Waals surface area contributed by atoms with Crippen LogP contribution >= 0.6 is 0 Å². The SMILES string of the molecule is COc1ccc2c(c1)oc1c3ccccc3c3cc(F)ccc3c21. The second kappa shape index (κ2) is 4.71. The van der Waals surface area contributed by atoms with Gasteiger partial charge in [0, 0.05) is 22.2 Å². The Balaban J connectivity index is 2.12. The average Bonchev–Trinajstić information content (AvgIpc) is 3.00. The van der Waals surface area contributed by atoms with Gasteiger partial charge in [0.2, 0.25) is 0 Å². The summed E-state index contributed by atoms with van der Waals surface area (Å²) in [6.45, 7) is 0. The van der Waals surface area contributed by atoms with E-state index in [9.17, 15) is 4.39 Å². The van der Waals surface area contributed by atoms with Gasteiger partial charge in [-0.05, 0) is 40.4 Å². The Kier molecular flexibility index (Phi) is 2.63. The molecule has 0 saturated carbocycles. The van der Waals surface area contributed by atoms with Crippen molar-refractivity contribution in [2.75, 3.05) is 7.11 Å². The van der Waals surface area contributed by atoms with Crippen molar-refractivity contribution in [1.82, 2.24) is 0 Å². The standard InChI is InChI=1S/C21H13FO2/c1-23-13-7-9-17-19(11-13)24-21-16-5-3-2-4-14(16)18-10-12(22)6-8-15(18)20(17)21/h2-11H,1H3. The van der Waals surface area contributed by atoms with Crippen LogP contribution in [0.1, 0.15) is 0 Å². The molecule has 0 aliphatic carbocycles. The molecule has 0 fully saturated rings. The van der Waals surface area contributed by atoms with Crippen LogP contribution < -0.4 is 4.74 Å². The second-order valence-corrected chi connectivity index (χ2v) is 5.90. The average molecular weight is 316 g/mol. The minimum absolute atomic E-state index is 0.235. The smallest absolute Gasteiger partial charge is 0.143 e. The summed E-state index contributed by atoms with van der Waals surface area (Å²) < 4.78 is 25.3. The fourth-order valence-electron chi connectivity index (χ4n) is 3.53. The highest BCUT2D eigenvalue weighted by Gasteiger charge is 2.16. The summed E-state index contributed by atoms with van der Waals surface area (Å²) in [5.74, 6) is 0.516. The molecule has 0 aliphatic heterocycles. The highest BCUT2D eigenvalue weighted by atomic mass is 19.1. The van der Waals surface area contributed by atoms with Crippen molar-refractivity contribution in [1.29, 1.82) is 0 Å². The molecule has 0 unspecified atom stereocenters. The Labute approximate surface area is 137 Å². The van der Waals surface area contributed by atoms with E-state index < -0.39 is 0 Å². The Morgan fingerprint density at radius 3 is 2.42 bits per heavy atom. The van der Waals surface area contributed by atoms with E-state index in [-0.39, 0.29) is 5.82 Å². The maximum atomic E-state index is 13.9. The van der Waals surface area contributed by atoms with Gasteiger partial charge in [0.1, 0.15) is 22.7 Å². The van der Waals surface area contributed by atoms with Gasteiger partial charge in [0.05, 0.1) is 7.11 Å². The summed E-state index contributed by atoms with van der Waals surface area (Å²) in [5.41, 5.74) is 1.60. The van der Waals surface area contributed by atoms with Crippen LogP contribution in [0.5, 0.6) is 5.75 Å². The van der Waals surface area contributed by atoms with Crippen LogP contribution in [-0.2, 0) is 0 Å². The van der Waals surface area contributed by atoms with E-state index in [0.717, 1.165) is 49.2 Å². The van der Waals surface area contributed by atoms with Crippen molar-refractivity contribution in [2.24, 2.45) is 0 Å². The number of ether oxygens (including phenoxy) is 1. The van der Waals surface area contributed by atoms with Crippen LogP contribution in [0.15, 0.2) is 65.1 Å². The quantitative estimate of drug-likeness (QED) is 0.352. The molecular weight excluding hydrogens is 303 g/mol. The van der Waals surface area contributed by atoms with Crippen LogP contribution in [0, 0.1) is 5.82 Å². The molecule has 3 heteroatoms. The van der Waals surface area contributed by atoms with Gasteiger partial charge >= 0.3 is 0 Å². The van der Waals surface area contributed by atoms with E-state index in [1.807, 2.05) is 48.5 Å². The third-order valence-corrected chi connectivity index (χ3v) is 4.61. The van der Waals surface area contributed by atoms with Crippen molar-refractivity contribution in [3.05, 3.63) is 66.5 Å². The molecule has 0 N–H and O–H groups in total. The third kappa shape index (κ3) is 1.69. The highest BCUT2D eigenvalue weighted by molar-refractivity contribution is 6.30. The number of hydrogen-bond donors (Lipinski definition) is 0. The molecule has 0 atom stereocenters. The number of hydrogen-bond acceptors (Lipinski definition) is 2. The normalized spacial score (nSPS) is 11.8. The summed E-state index contributed by atoms with van der Waals surface area (Å²) in [7, 11) is 1.64. The molecule has 1 heterocycles. The topological polar surface area (TPSA) is 22.4 Å². The van der Waals surface area contributed by atoms with Crippen molar-refractivity contribution < 1.29 is 13.5 Å². The summed E-state index contributed by atoms with van der Waals surface area (Å²) in [6.07, 6.45) is 0. The molecule has 0 spiro atoms. The Bertz CT molecular complexity index is 1250. The van der Waals surface area contributed by atoms with Gasteiger partial charge in [0.15, 0.2) is 0 Å². The van der Waals surface area contributed by atoms with E-state index in [4.69, 9.17) is 9.15 Å². The second-order valence-electron chi connectivity index (χ2n) is 5.90. The molecule has 5 rings (SSSR count). The fourth-order valence-corrected chi connectivity index (χ4v) is 3.53. The number of rotatable bonds is 1. The molecular formula is C21H13FO2. The van der Waals surface area contributed by atoms with Crippen molar-refractivity contribution in [3.8, 4) is 5.75 Å². The Hall–Kier alpha value is -3.07. The lowest BCUT2D eigenvalue weighted by atomic mass is 9.97. The zero-order valence-corrected chi connectivity index (χ0v) is 13.0.